The van der Waals surface area contributed by atoms with Gasteiger partial charge < -0.3 is 24.6 Å². The highest BCUT2D eigenvalue weighted by Gasteiger charge is 2.38. The molecule has 13 heteroatoms. The lowest BCUT2D eigenvalue weighted by atomic mass is 10.1. The van der Waals surface area contributed by atoms with Crippen LogP contribution in [-0.4, -0.2) is 74.3 Å². The molecule has 0 saturated carbocycles. The molecule has 2 fully saturated rings. The first-order valence-electron chi connectivity index (χ1n) is 13.9. The first-order valence-corrected chi connectivity index (χ1v) is 13.9. The Bertz CT molecular complexity index is 1540. The maximum atomic E-state index is 12.6. The standard InChI is InChI=1S/C28H34N8O5/c1-28(2,3)41-27(37)34-14-18-12-33(13-19(18)15-34)26-31-23(17-8-9-20(29-4)21(11-17)36(38)39)24-25(32-26)35(16-30-24)22-7-5-6-10-40-22/h8-9,11-12,16,19,22,29H,5-7,10,13-15H2,1-4H3. The average Bonchev–Trinajstić information content (AvgIpc) is 3.65. The summed E-state index contributed by atoms with van der Waals surface area (Å²) in [6, 6.07) is 5.00. The second kappa shape index (κ2) is 10.3. The Hall–Kier alpha value is -4.26. The van der Waals surface area contributed by atoms with Gasteiger partial charge in [-0.1, -0.05) is 6.07 Å². The van der Waals surface area contributed by atoms with Gasteiger partial charge in [-0.2, -0.15) is 4.98 Å². The highest BCUT2D eigenvalue weighted by molar-refractivity contribution is 5.90. The number of hydrogen-bond acceptors (Lipinski definition) is 10. The van der Waals surface area contributed by atoms with Gasteiger partial charge in [0.05, 0.1) is 11.3 Å². The summed E-state index contributed by atoms with van der Waals surface area (Å²) in [6.45, 7) is 7.88. The van der Waals surface area contributed by atoms with Gasteiger partial charge in [0.2, 0.25) is 5.95 Å². The fraction of sp³-hybridized carbons (Fsp3) is 0.500. The van der Waals surface area contributed by atoms with Crippen LogP contribution in [0.2, 0.25) is 0 Å². The fourth-order valence-corrected chi connectivity index (χ4v) is 5.64. The van der Waals surface area contributed by atoms with Crippen molar-refractivity contribution in [2.45, 2.75) is 51.9 Å². The van der Waals surface area contributed by atoms with E-state index in [-0.39, 0.29) is 23.9 Å². The molecule has 41 heavy (non-hydrogen) atoms. The van der Waals surface area contributed by atoms with Crippen LogP contribution in [0.4, 0.5) is 22.1 Å². The second-order valence-electron chi connectivity index (χ2n) is 11.7. The summed E-state index contributed by atoms with van der Waals surface area (Å²) >= 11 is 0. The SMILES string of the molecule is CNc1ccc(-c2nc(N3C=C4CN(C(=O)OC(C)(C)C)CC4C3)nc3c2ncn3C2CCCCO2)cc1[N+](=O)[O-]. The summed E-state index contributed by atoms with van der Waals surface area (Å²) in [4.78, 5) is 42.3. The van der Waals surface area contributed by atoms with E-state index in [0.717, 1.165) is 24.8 Å². The molecule has 2 aromatic heterocycles. The molecule has 0 spiro atoms. The molecule has 6 rings (SSSR count). The molecule has 1 aromatic carbocycles. The molecule has 1 N–H and O–H groups in total. The molecule has 2 unspecified atom stereocenters. The molecule has 3 aliphatic rings. The number of nitrogens with one attached hydrogen (secondary N) is 1. The molecule has 3 aromatic rings. The molecule has 0 radical (unpaired) electrons. The quantitative estimate of drug-likeness (QED) is 0.343. The number of imidazole rings is 1. The normalized spacial score (nSPS) is 20.7. The minimum Gasteiger partial charge on any atom is -0.444 e. The van der Waals surface area contributed by atoms with E-state index in [1.807, 2.05) is 36.4 Å². The van der Waals surface area contributed by atoms with E-state index in [0.29, 0.717) is 60.3 Å². The predicted octanol–water partition coefficient (Wildman–Crippen LogP) is 4.71. The van der Waals surface area contributed by atoms with Gasteiger partial charge >= 0.3 is 6.09 Å². The number of amides is 1. The molecule has 3 aliphatic heterocycles. The topological polar surface area (TPSA) is 141 Å². The van der Waals surface area contributed by atoms with Crippen LogP contribution in [0.15, 0.2) is 36.3 Å². The molecule has 5 heterocycles. The van der Waals surface area contributed by atoms with Crippen LogP contribution in [0.25, 0.3) is 22.4 Å². The lowest BCUT2D eigenvalue weighted by Crippen LogP contribution is -2.36. The van der Waals surface area contributed by atoms with Gasteiger partial charge in [0, 0.05) is 57.0 Å². The average molecular weight is 563 g/mol. The highest BCUT2D eigenvalue weighted by atomic mass is 16.6. The Morgan fingerprint density at radius 1 is 1.22 bits per heavy atom. The van der Waals surface area contributed by atoms with Crippen molar-refractivity contribution >= 4 is 34.6 Å². The van der Waals surface area contributed by atoms with E-state index in [1.54, 1.807) is 30.4 Å². The number of hydrogen-bond donors (Lipinski definition) is 1. The third-order valence-corrected chi connectivity index (χ3v) is 7.60. The summed E-state index contributed by atoms with van der Waals surface area (Å²) in [7, 11) is 1.65. The summed E-state index contributed by atoms with van der Waals surface area (Å²) in [5.41, 5.74) is 3.17. The summed E-state index contributed by atoms with van der Waals surface area (Å²) in [5, 5.41) is 14.7. The number of benzene rings is 1. The van der Waals surface area contributed by atoms with Gasteiger partial charge in [0.15, 0.2) is 5.65 Å². The lowest BCUT2D eigenvalue weighted by Gasteiger charge is -2.25. The number of nitrogens with zero attached hydrogens (tertiary/aromatic N) is 7. The highest BCUT2D eigenvalue weighted by Crippen LogP contribution is 2.37. The number of aromatic nitrogens is 4. The zero-order chi connectivity index (χ0) is 28.9. The molecule has 13 nitrogen and oxygen atoms in total. The number of nitro groups is 1. The third kappa shape index (κ3) is 5.17. The number of carbonyl (C=O) groups excluding carboxylic acids is 1. The largest absolute Gasteiger partial charge is 0.444 e. The van der Waals surface area contributed by atoms with Gasteiger partial charge in [0.25, 0.3) is 5.69 Å². The van der Waals surface area contributed by atoms with Crippen LogP contribution in [0, 0.1) is 16.0 Å². The number of fused-ring (bicyclic) bond motifs is 2. The maximum absolute atomic E-state index is 12.6. The zero-order valence-corrected chi connectivity index (χ0v) is 23.7. The number of likely N-dealkylation sites (tertiary alicyclic amines) is 1. The number of rotatable bonds is 5. The predicted molar refractivity (Wildman–Crippen MR) is 153 cm³/mol. The molecule has 1 amide bonds. The van der Waals surface area contributed by atoms with Gasteiger partial charge in [0.1, 0.15) is 28.7 Å². The van der Waals surface area contributed by atoms with Crippen LogP contribution in [-0.2, 0) is 9.47 Å². The number of carbonyl (C=O) groups is 1. The molecule has 2 atom stereocenters. The van der Waals surface area contributed by atoms with Crippen molar-refractivity contribution < 1.29 is 19.2 Å². The van der Waals surface area contributed by atoms with Gasteiger partial charge in [-0.15, -0.1) is 0 Å². The summed E-state index contributed by atoms with van der Waals surface area (Å²) < 4.78 is 13.5. The van der Waals surface area contributed by atoms with Crippen LogP contribution in [0.1, 0.15) is 46.3 Å². The lowest BCUT2D eigenvalue weighted by molar-refractivity contribution is -0.383. The summed E-state index contributed by atoms with van der Waals surface area (Å²) in [6.07, 6.45) is 6.12. The van der Waals surface area contributed by atoms with Crippen LogP contribution in [0.3, 0.4) is 0 Å². The molecule has 2 saturated heterocycles. The van der Waals surface area contributed by atoms with Gasteiger partial charge in [-0.3, -0.25) is 14.7 Å². The Balaban J connectivity index is 1.39. The van der Waals surface area contributed by atoms with E-state index < -0.39 is 10.5 Å². The van der Waals surface area contributed by atoms with Gasteiger partial charge in [-0.05, 0) is 51.7 Å². The maximum Gasteiger partial charge on any atom is 0.410 e. The van der Waals surface area contributed by atoms with Crippen LogP contribution < -0.4 is 10.2 Å². The molecule has 0 aliphatic carbocycles. The van der Waals surface area contributed by atoms with E-state index in [4.69, 9.17) is 19.4 Å². The Labute approximate surface area is 237 Å². The molecular formula is C28H34N8O5. The Kier molecular flexibility index (Phi) is 6.76. The second-order valence-corrected chi connectivity index (χ2v) is 11.7. The third-order valence-electron chi connectivity index (χ3n) is 7.60. The summed E-state index contributed by atoms with van der Waals surface area (Å²) in [5.74, 6) is 0.601. The van der Waals surface area contributed by atoms with Crippen LogP contribution in [0.5, 0.6) is 0 Å². The minimum atomic E-state index is -0.555. The van der Waals surface area contributed by atoms with E-state index >= 15 is 0 Å². The monoisotopic (exact) mass is 562 g/mol. The number of ether oxygens (including phenoxy) is 2. The van der Waals surface area contributed by atoms with Crippen molar-refractivity contribution in [2.75, 3.05) is 43.5 Å². The zero-order valence-electron chi connectivity index (χ0n) is 23.7. The van der Waals surface area contributed by atoms with Crippen LogP contribution >= 0.6 is 0 Å². The Morgan fingerprint density at radius 2 is 2.05 bits per heavy atom. The minimum absolute atomic E-state index is 0.0478. The van der Waals surface area contributed by atoms with E-state index in [2.05, 4.69) is 10.3 Å². The smallest absolute Gasteiger partial charge is 0.410 e. The first kappa shape index (κ1) is 26.9. The fourth-order valence-electron chi connectivity index (χ4n) is 5.64. The van der Waals surface area contributed by atoms with Crippen molar-refractivity contribution in [1.29, 1.82) is 0 Å². The van der Waals surface area contributed by atoms with Gasteiger partial charge in [-0.25, -0.2) is 14.8 Å². The molecule has 0 bridgehead atoms. The van der Waals surface area contributed by atoms with Crippen molar-refractivity contribution in [3.63, 3.8) is 0 Å². The first-order chi connectivity index (χ1) is 19.6. The molecular weight excluding hydrogens is 528 g/mol. The number of nitro benzene ring substituents is 1. The number of anilines is 2. The van der Waals surface area contributed by atoms with E-state index in [9.17, 15) is 14.9 Å². The van der Waals surface area contributed by atoms with Crippen molar-refractivity contribution in [3.8, 4) is 11.3 Å². The Morgan fingerprint density at radius 3 is 2.73 bits per heavy atom. The van der Waals surface area contributed by atoms with Crippen molar-refractivity contribution in [3.05, 3.63) is 46.4 Å². The van der Waals surface area contributed by atoms with E-state index in [1.165, 1.54) is 6.07 Å². The van der Waals surface area contributed by atoms with Crippen molar-refractivity contribution in [1.82, 2.24) is 24.4 Å². The molecule has 216 valence electrons. The van der Waals surface area contributed by atoms with Crippen molar-refractivity contribution in [2.24, 2.45) is 5.92 Å².